The van der Waals surface area contributed by atoms with Crippen molar-refractivity contribution < 1.29 is 23.1 Å². The Kier molecular flexibility index (Phi) is 4.74. The van der Waals surface area contributed by atoms with Gasteiger partial charge in [0.05, 0.1) is 17.9 Å². The largest absolute Gasteiger partial charge is 0.478 e. The first kappa shape index (κ1) is 15.0. The van der Waals surface area contributed by atoms with Crippen molar-refractivity contribution in [3.8, 4) is 0 Å². The Bertz CT molecular complexity index is 578. The highest BCUT2D eigenvalue weighted by molar-refractivity contribution is 7.88. The highest BCUT2D eigenvalue weighted by Crippen LogP contribution is 2.12. The van der Waals surface area contributed by atoms with E-state index in [0.717, 1.165) is 6.42 Å². The van der Waals surface area contributed by atoms with Crippen molar-refractivity contribution in [1.82, 2.24) is 4.72 Å². The SMILES string of the molecule is O=C(O)c1cccc(CS(=O)(=O)NCC2CCOC2)c1. The molecule has 0 amide bonds. The zero-order chi connectivity index (χ0) is 14.6. The van der Waals surface area contributed by atoms with Crippen LogP contribution in [0.1, 0.15) is 22.3 Å². The maximum absolute atomic E-state index is 11.9. The summed E-state index contributed by atoms with van der Waals surface area (Å²) in [7, 11) is -3.46. The monoisotopic (exact) mass is 299 g/mol. The van der Waals surface area contributed by atoms with Crippen LogP contribution in [0.5, 0.6) is 0 Å². The Labute approximate surface area is 117 Å². The molecule has 2 rings (SSSR count). The average molecular weight is 299 g/mol. The Hall–Kier alpha value is -1.44. The maximum atomic E-state index is 11.9. The molecular formula is C13H17NO5S. The lowest BCUT2D eigenvalue weighted by molar-refractivity contribution is 0.0696. The first-order valence-electron chi connectivity index (χ1n) is 6.33. The van der Waals surface area contributed by atoms with Gasteiger partial charge in [-0.05, 0) is 30.0 Å². The molecule has 20 heavy (non-hydrogen) atoms. The third kappa shape index (κ3) is 4.29. The van der Waals surface area contributed by atoms with Gasteiger partial charge in [0.25, 0.3) is 0 Å². The smallest absolute Gasteiger partial charge is 0.335 e. The molecule has 1 atom stereocenters. The highest BCUT2D eigenvalue weighted by Gasteiger charge is 2.19. The van der Waals surface area contributed by atoms with Gasteiger partial charge in [-0.25, -0.2) is 17.9 Å². The average Bonchev–Trinajstić information content (AvgIpc) is 2.89. The van der Waals surface area contributed by atoms with Gasteiger partial charge in [0, 0.05) is 13.2 Å². The lowest BCUT2D eigenvalue weighted by Gasteiger charge is -2.10. The molecule has 0 bridgehead atoms. The van der Waals surface area contributed by atoms with Gasteiger partial charge in [0.2, 0.25) is 10.0 Å². The van der Waals surface area contributed by atoms with E-state index < -0.39 is 16.0 Å². The van der Waals surface area contributed by atoms with Gasteiger partial charge in [-0.1, -0.05) is 12.1 Å². The van der Waals surface area contributed by atoms with Crippen molar-refractivity contribution in [1.29, 1.82) is 0 Å². The zero-order valence-corrected chi connectivity index (χ0v) is 11.7. The topological polar surface area (TPSA) is 92.7 Å². The first-order chi connectivity index (χ1) is 9.46. The summed E-state index contributed by atoms with van der Waals surface area (Å²) in [5, 5.41) is 8.88. The Morgan fingerprint density at radius 2 is 2.25 bits per heavy atom. The minimum atomic E-state index is -3.46. The third-order valence-electron chi connectivity index (χ3n) is 3.15. The summed E-state index contributed by atoms with van der Waals surface area (Å²) in [4.78, 5) is 10.8. The van der Waals surface area contributed by atoms with Crippen LogP contribution < -0.4 is 4.72 Å². The minimum absolute atomic E-state index is 0.0851. The van der Waals surface area contributed by atoms with Gasteiger partial charge < -0.3 is 9.84 Å². The fourth-order valence-electron chi connectivity index (χ4n) is 2.05. The molecule has 0 aliphatic carbocycles. The highest BCUT2D eigenvalue weighted by atomic mass is 32.2. The second-order valence-electron chi connectivity index (χ2n) is 4.84. The number of hydrogen-bond acceptors (Lipinski definition) is 4. The van der Waals surface area contributed by atoms with Crippen LogP contribution in [0.2, 0.25) is 0 Å². The summed E-state index contributed by atoms with van der Waals surface area (Å²) < 4.78 is 31.6. The molecular weight excluding hydrogens is 282 g/mol. The molecule has 1 aromatic carbocycles. The zero-order valence-electron chi connectivity index (χ0n) is 10.9. The quantitative estimate of drug-likeness (QED) is 0.812. The summed E-state index contributed by atoms with van der Waals surface area (Å²) >= 11 is 0. The van der Waals surface area contributed by atoms with E-state index in [1.165, 1.54) is 12.1 Å². The predicted molar refractivity (Wildman–Crippen MR) is 73.0 cm³/mol. The molecule has 0 radical (unpaired) electrons. The standard InChI is InChI=1S/C13H17NO5S/c15-13(16)12-3-1-2-10(6-12)9-20(17,18)14-7-11-4-5-19-8-11/h1-3,6,11,14H,4-5,7-9H2,(H,15,16). The molecule has 0 spiro atoms. The normalized spacial score (nSPS) is 19.1. The minimum Gasteiger partial charge on any atom is -0.478 e. The van der Waals surface area contributed by atoms with Gasteiger partial charge in [-0.3, -0.25) is 0 Å². The van der Waals surface area contributed by atoms with Crippen LogP contribution in [0.4, 0.5) is 0 Å². The molecule has 1 fully saturated rings. The molecule has 0 saturated carbocycles. The van der Waals surface area contributed by atoms with Crippen molar-refractivity contribution >= 4 is 16.0 Å². The maximum Gasteiger partial charge on any atom is 0.335 e. The van der Waals surface area contributed by atoms with Crippen LogP contribution in [-0.4, -0.2) is 39.3 Å². The van der Waals surface area contributed by atoms with Crippen molar-refractivity contribution in [3.63, 3.8) is 0 Å². The van der Waals surface area contributed by atoms with Gasteiger partial charge in [0.1, 0.15) is 0 Å². The number of ether oxygens (including phenoxy) is 1. The van der Waals surface area contributed by atoms with E-state index in [9.17, 15) is 13.2 Å². The summed E-state index contributed by atoms with van der Waals surface area (Å²) in [6, 6.07) is 5.95. The van der Waals surface area contributed by atoms with Crippen LogP contribution >= 0.6 is 0 Å². The van der Waals surface area contributed by atoms with E-state index in [-0.39, 0.29) is 17.2 Å². The number of carbonyl (C=O) groups is 1. The number of carboxylic acids is 1. The lowest BCUT2D eigenvalue weighted by Crippen LogP contribution is -2.30. The molecule has 1 aliphatic rings. The van der Waals surface area contributed by atoms with E-state index in [0.29, 0.717) is 25.3 Å². The molecule has 0 aromatic heterocycles. The summed E-state index contributed by atoms with van der Waals surface area (Å²) in [5.74, 6) is -1.07. The van der Waals surface area contributed by atoms with Crippen molar-refractivity contribution in [2.45, 2.75) is 12.2 Å². The van der Waals surface area contributed by atoms with E-state index >= 15 is 0 Å². The predicted octanol–water partition coefficient (Wildman–Crippen LogP) is 0.841. The van der Waals surface area contributed by atoms with Crippen molar-refractivity contribution in [2.24, 2.45) is 5.92 Å². The molecule has 1 unspecified atom stereocenters. The van der Waals surface area contributed by atoms with Crippen LogP contribution in [0.25, 0.3) is 0 Å². The van der Waals surface area contributed by atoms with Crippen LogP contribution in [0.15, 0.2) is 24.3 Å². The fraction of sp³-hybridized carbons (Fsp3) is 0.462. The number of aromatic carboxylic acids is 1. The molecule has 1 aromatic rings. The lowest BCUT2D eigenvalue weighted by atomic mass is 10.1. The van der Waals surface area contributed by atoms with E-state index in [4.69, 9.17) is 9.84 Å². The summed E-state index contributed by atoms with van der Waals surface area (Å²) in [6.45, 7) is 1.62. The van der Waals surface area contributed by atoms with Crippen molar-refractivity contribution in [3.05, 3.63) is 35.4 Å². The molecule has 1 heterocycles. The molecule has 6 nitrogen and oxygen atoms in total. The number of benzene rings is 1. The summed E-state index contributed by atoms with van der Waals surface area (Å²) in [6.07, 6.45) is 0.858. The number of sulfonamides is 1. The Balaban J connectivity index is 1.96. The van der Waals surface area contributed by atoms with Gasteiger partial charge in [-0.2, -0.15) is 0 Å². The molecule has 1 saturated heterocycles. The van der Waals surface area contributed by atoms with Gasteiger partial charge in [0.15, 0.2) is 0 Å². The molecule has 7 heteroatoms. The molecule has 110 valence electrons. The van der Waals surface area contributed by atoms with Crippen molar-refractivity contribution in [2.75, 3.05) is 19.8 Å². The number of hydrogen-bond donors (Lipinski definition) is 2. The number of nitrogens with one attached hydrogen (secondary N) is 1. The third-order valence-corrected chi connectivity index (χ3v) is 4.47. The Morgan fingerprint density at radius 3 is 2.90 bits per heavy atom. The number of rotatable bonds is 6. The number of carboxylic acid groups (broad SMARTS) is 1. The van der Waals surface area contributed by atoms with E-state index in [1.54, 1.807) is 12.1 Å². The first-order valence-corrected chi connectivity index (χ1v) is 7.99. The fourth-order valence-corrected chi connectivity index (χ4v) is 3.26. The van der Waals surface area contributed by atoms with Gasteiger partial charge >= 0.3 is 5.97 Å². The van der Waals surface area contributed by atoms with E-state index in [1.807, 2.05) is 0 Å². The van der Waals surface area contributed by atoms with Crippen LogP contribution in [0.3, 0.4) is 0 Å². The van der Waals surface area contributed by atoms with Crippen LogP contribution in [-0.2, 0) is 20.5 Å². The molecule has 1 aliphatic heterocycles. The second kappa shape index (κ2) is 6.34. The summed E-state index contributed by atoms with van der Waals surface area (Å²) in [5.41, 5.74) is 0.543. The van der Waals surface area contributed by atoms with Gasteiger partial charge in [-0.15, -0.1) is 0 Å². The Morgan fingerprint density at radius 1 is 1.45 bits per heavy atom. The molecule has 2 N–H and O–H groups in total. The second-order valence-corrected chi connectivity index (χ2v) is 6.65. The van der Waals surface area contributed by atoms with E-state index in [2.05, 4.69) is 4.72 Å². The van der Waals surface area contributed by atoms with Crippen LogP contribution in [0, 0.1) is 5.92 Å².